The molecule has 0 unspecified atom stereocenters. The number of anilines is 1. The van der Waals surface area contributed by atoms with Crippen molar-refractivity contribution >= 4 is 21.7 Å². The standard InChI is InChI=1S/C13H18BrN3O/c1-17(10-4-6-18-7-5-10)12-8-11(14)15-13(16-12)9-2-3-9/h8-10H,2-7H2,1H3. The second-order valence-corrected chi connectivity index (χ2v) is 5.95. The molecule has 0 bridgehead atoms. The molecule has 4 nitrogen and oxygen atoms in total. The van der Waals surface area contributed by atoms with Crippen molar-refractivity contribution in [2.24, 2.45) is 0 Å². The smallest absolute Gasteiger partial charge is 0.135 e. The maximum absolute atomic E-state index is 5.41. The summed E-state index contributed by atoms with van der Waals surface area (Å²) in [5.74, 6) is 2.62. The Kier molecular flexibility index (Phi) is 3.52. The number of halogens is 1. The molecule has 18 heavy (non-hydrogen) atoms. The molecule has 0 amide bonds. The molecule has 0 aromatic carbocycles. The quantitative estimate of drug-likeness (QED) is 0.805. The molecule has 98 valence electrons. The van der Waals surface area contributed by atoms with E-state index in [0.29, 0.717) is 12.0 Å². The molecule has 3 rings (SSSR count). The second-order valence-electron chi connectivity index (χ2n) is 5.14. The van der Waals surface area contributed by atoms with Crippen LogP contribution in [0.5, 0.6) is 0 Å². The Morgan fingerprint density at radius 2 is 1.94 bits per heavy atom. The van der Waals surface area contributed by atoms with Gasteiger partial charge in [0.25, 0.3) is 0 Å². The van der Waals surface area contributed by atoms with Crippen molar-refractivity contribution in [3.8, 4) is 0 Å². The fourth-order valence-corrected chi connectivity index (χ4v) is 2.77. The van der Waals surface area contributed by atoms with Crippen LogP contribution in [0.1, 0.15) is 37.4 Å². The summed E-state index contributed by atoms with van der Waals surface area (Å²) in [7, 11) is 2.13. The average molecular weight is 312 g/mol. The van der Waals surface area contributed by atoms with Crippen molar-refractivity contribution in [3.63, 3.8) is 0 Å². The van der Waals surface area contributed by atoms with Gasteiger partial charge in [0.05, 0.1) is 0 Å². The van der Waals surface area contributed by atoms with Gasteiger partial charge in [-0.2, -0.15) is 0 Å². The van der Waals surface area contributed by atoms with Crippen LogP contribution in [-0.2, 0) is 4.74 Å². The number of hydrogen-bond donors (Lipinski definition) is 0. The number of ether oxygens (including phenoxy) is 1. The summed E-state index contributed by atoms with van der Waals surface area (Å²) < 4.78 is 6.31. The van der Waals surface area contributed by atoms with E-state index in [1.54, 1.807) is 0 Å². The Morgan fingerprint density at radius 3 is 2.61 bits per heavy atom. The zero-order valence-corrected chi connectivity index (χ0v) is 12.2. The van der Waals surface area contributed by atoms with Gasteiger partial charge in [0, 0.05) is 38.3 Å². The summed E-state index contributed by atoms with van der Waals surface area (Å²) in [6, 6.07) is 2.55. The average Bonchev–Trinajstić information content (AvgIpc) is 3.22. The van der Waals surface area contributed by atoms with Gasteiger partial charge >= 0.3 is 0 Å². The first kappa shape index (κ1) is 12.4. The highest BCUT2D eigenvalue weighted by Crippen LogP contribution is 2.39. The topological polar surface area (TPSA) is 38.2 Å². The predicted molar refractivity (Wildman–Crippen MR) is 74.0 cm³/mol. The maximum Gasteiger partial charge on any atom is 0.135 e. The van der Waals surface area contributed by atoms with Gasteiger partial charge in [0.1, 0.15) is 16.2 Å². The van der Waals surface area contributed by atoms with E-state index in [0.717, 1.165) is 42.3 Å². The Bertz CT molecular complexity index is 430. The molecular formula is C13H18BrN3O. The highest BCUT2D eigenvalue weighted by Gasteiger charge is 2.28. The fourth-order valence-electron chi connectivity index (χ4n) is 2.39. The van der Waals surface area contributed by atoms with Gasteiger partial charge in [-0.1, -0.05) is 0 Å². The van der Waals surface area contributed by atoms with Crippen LogP contribution in [0.2, 0.25) is 0 Å². The van der Waals surface area contributed by atoms with Crippen LogP contribution in [0.4, 0.5) is 5.82 Å². The van der Waals surface area contributed by atoms with Crippen LogP contribution >= 0.6 is 15.9 Å². The molecule has 2 aliphatic rings. The van der Waals surface area contributed by atoms with E-state index in [1.807, 2.05) is 6.07 Å². The molecule has 1 aliphatic heterocycles. The van der Waals surface area contributed by atoms with Gasteiger partial charge in [-0.05, 0) is 41.6 Å². The lowest BCUT2D eigenvalue weighted by Crippen LogP contribution is -2.37. The van der Waals surface area contributed by atoms with Gasteiger partial charge in [-0.15, -0.1) is 0 Å². The van der Waals surface area contributed by atoms with Crippen molar-refractivity contribution in [3.05, 3.63) is 16.5 Å². The summed E-state index contributed by atoms with van der Waals surface area (Å²) in [4.78, 5) is 11.5. The van der Waals surface area contributed by atoms with Crippen LogP contribution in [0.15, 0.2) is 10.7 Å². The van der Waals surface area contributed by atoms with E-state index in [-0.39, 0.29) is 0 Å². The normalized spacial score (nSPS) is 21.0. The van der Waals surface area contributed by atoms with Crippen molar-refractivity contribution in [2.45, 2.75) is 37.6 Å². The largest absolute Gasteiger partial charge is 0.381 e. The Hall–Kier alpha value is -0.680. The molecule has 1 saturated carbocycles. The zero-order chi connectivity index (χ0) is 12.5. The zero-order valence-electron chi connectivity index (χ0n) is 10.6. The SMILES string of the molecule is CN(c1cc(Br)nc(C2CC2)n1)C1CCOCC1. The van der Waals surface area contributed by atoms with E-state index in [2.05, 4.69) is 32.9 Å². The van der Waals surface area contributed by atoms with Crippen molar-refractivity contribution < 1.29 is 4.74 Å². The summed E-state index contributed by atoms with van der Waals surface area (Å²) in [5.41, 5.74) is 0. The van der Waals surface area contributed by atoms with E-state index in [1.165, 1.54) is 12.8 Å². The van der Waals surface area contributed by atoms with Crippen molar-refractivity contribution in [1.29, 1.82) is 0 Å². The first-order chi connectivity index (χ1) is 8.74. The van der Waals surface area contributed by atoms with Crippen LogP contribution < -0.4 is 4.90 Å². The summed E-state index contributed by atoms with van der Waals surface area (Å²) >= 11 is 3.50. The van der Waals surface area contributed by atoms with E-state index < -0.39 is 0 Å². The van der Waals surface area contributed by atoms with Gasteiger partial charge in [0.2, 0.25) is 0 Å². The molecule has 0 radical (unpaired) electrons. The van der Waals surface area contributed by atoms with Gasteiger partial charge < -0.3 is 9.64 Å². The lowest BCUT2D eigenvalue weighted by Gasteiger charge is -2.32. The lowest BCUT2D eigenvalue weighted by molar-refractivity contribution is 0.0853. The summed E-state index contributed by atoms with van der Waals surface area (Å²) in [6.07, 6.45) is 4.63. The number of aromatic nitrogens is 2. The molecule has 0 atom stereocenters. The van der Waals surface area contributed by atoms with E-state index in [4.69, 9.17) is 9.72 Å². The number of nitrogens with zero attached hydrogens (tertiary/aromatic N) is 3. The second kappa shape index (κ2) is 5.13. The van der Waals surface area contributed by atoms with Crippen LogP contribution in [0.25, 0.3) is 0 Å². The Balaban J connectivity index is 1.81. The Morgan fingerprint density at radius 1 is 1.22 bits per heavy atom. The summed E-state index contributed by atoms with van der Waals surface area (Å²) in [5, 5.41) is 0. The van der Waals surface area contributed by atoms with Crippen LogP contribution in [-0.4, -0.2) is 36.3 Å². The minimum atomic E-state index is 0.535. The highest BCUT2D eigenvalue weighted by molar-refractivity contribution is 9.10. The molecule has 0 N–H and O–H groups in total. The predicted octanol–water partition coefficient (Wildman–Crippen LogP) is 2.73. The molecule has 2 heterocycles. The third-order valence-corrected chi connectivity index (χ3v) is 4.15. The molecule has 0 spiro atoms. The Labute approximate surface area is 116 Å². The van der Waals surface area contributed by atoms with Crippen LogP contribution in [0.3, 0.4) is 0 Å². The third-order valence-electron chi connectivity index (χ3n) is 3.74. The molecule has 1 aromatic heterocycles. The molecule has 2 fully saturated rings. The number of rotatable bonds is 3. The molecule has 1 aromatic rings. The van der Waals surface area contributed by atoms with Crippen molar-refractivity contribution in [1.82, 2.24) is 9.97 Å². The molecular weight excluding hydrogens is 294 g/mol. The highest BCUT2D eigenvalue weighted by atomic mass is 79.9. The van der Waals surface area contributed by atoms with Gasteiger partial charge in [-0.25, -0.2) is 9.97 Å². The van der Waals surface area contributed by atoms with Gasteiger partial charge in [-0.3, -0.25) is 0 Å². The van der Waals surface area contributed by atoms with E-state index in [9.17, 15) is 0 Å². The molecule has 1 saturated heterocycles. The lowest BCUT2D eigenvalue weighted by atomic mass is 10.1. The molecule has 5 heteroatoms. The monoisotopic (exact) mass is 311 g/mol. The third kappa shape index (κ3) is 2.67. The minimum Gasteiger partial charge on any atom is -0.381 e. The maximum atomic E-state index is 5.41. The number of hydrogen-bond acceptors (Lipinski definition) is 4. The van der Waals surface area contributed by atoms with Crippen molar-refractivity contribution in [2.75, 3.05) is 25.2 Å². The van der Waals surface area contributed by atoms with E-state index >= 15 is 0 Å². The first-order valence-corrected chi connectivity index (χ1v) is 7.38. The minimum absolute atomic E-state index is 0.535. The summed E-state index contributed by atoms with van der Waals surface area (Å²) in [6.45, 7) is 1.72. The van der Waals surface area contributed by atoms with Gasteiger partial charge in [0.15, 0.2) is 0 Å². The molecule has 1 aliphatic carbocycles. The van der Waals surface area contributed by atoms with Crippen LogP contribution in [0, 0.1) is 0 Å². The first-order valence-electron chi connectivity index (χ1n) is 6.59. The fraction of sp³-hybridized carbons (Fsp3) is 0.692.